The molecule has 0 bridgehead atoms. The number of hydrogen-bond acceptors (Lipinski definition) is 5. The van der Waals surface area contributed by atoms with Gasteiger partial charge < -0.3 is 9.84 Å². The Morgan fingerprint density at radius 1 is 1.11 bits per heavy atom. The molecule has 1 aromatic carbocycles. The van der Waals surface area contributed by atoms with Gasteiger partial charge in [-0.1, -0.05) is 23.4 Å². The molecule has 0 radical (unpaired) electrons. The Morgan fingerprint density at radius 2 is 2.00 bits per heavy atom. The summed E-state index contributed by atoms with van der Waals surface area (Å²) in [5.41, 5.74) is 2.91. The van der Waals surface area contributed by atoms with Crippen LogP contribution in [0.4, 0.5) is 0 Å². The Hall–Kier alpha value is -3.74. The van der Waals surface area contributed by atoms with E-state index in [0.29, 0.717) is 18.7 Å². The van der Waals surface area contributed by atoms with Crippen LogP contribution in [0.2, 0.25) is 0 Å². The third kappa shape index (κ3) is 3.92. The highest BCUT2D eigenvalue weighted by Crippen LogP contribution is 2.18. The van der Waals surface area contributed by atoms with E-state index >= 15 is 0 Å². The standard InChI is InChI=1S/C20H17N5O2/c26-20(18-13-19(27-24-18)15-5-4-10-21-14-15)22-11-8-16-9-12-25(23-16)17-6-2-1-3-7-17/h1-7,9-10,12-14H,8,11H2,(H,22,26). The second kappa shape index (κ2) is 7.65. The number of hydrogen-bond donors (Lipinski definition) is 1. The summed E-state index contributed by atoms with van der Waals surface area (Å²) in [6, 6.07) is 17.1. The molecule has 4 aromatic rings. The van der Waals surface area contributed by atoms with Gasteiger partial charge in [0.25, 0.3) is 5.91 Å². The summed E-state index contributed by atoms with van der Waals surface area (Å²) in [7, 11) is 0. The smallest absolute Gasteiger partial charge is 0.273 e. The molecule has 0 fully saturated rings. The topological polar surface area (TPSA) is 85.8 Å². The van der Waals surface area contributed by atoms with E-state index in [1.54, 1.807) is 24.5 Å². The van der Waals surface area contributed by atoms with Gasteiger partial charge in [0.2, 0.25) is 0 Å². The molecule has 3 heterocycles. The van der Waals surface area contributed by atoms with E-state index in [-0.39, 0.29) is 11.6 Å². The predicted molar refractivity (Wildman–Crippen MR) is 99.3 cm³/mol. The number of benzene rings is 1. The van der Waals surface area contributed by atoms with Gasteiger partial charge in [-0.15, -0.1) is 0 Å². The number of aromatic nitrogens is 4. The van der Waals surface area contributed by atoms with Crippen molar-refractivity contribution in [3.8, 4) is 17.0 Å². The van der Waals surface area contributed by atoms with Crippen molar-refractivity contribution < 1.29 is 9.32 Å². The van der Waals surface area contributed by atoms with E-state index in [9.17, 15) is 4.79 Å². The first-order valence-corrected chi connectivity index (χ1v) is 8.55. The lowest BCUT2D eigenvalue weighted by Gasteiger charge is -2.01. The van der Waals surface area contributed by atoms with Crippen LogP contribution in [0.3, 0.4) is 0 Å². The van der Waals surface area contributed by atoms with Crippen molar-refractivity contribution in [2.24, 2.45) is 0 Å². The normalized spacial score (nSPS) is 10.7. The number of amides is 1. The number of carbonyl (C=O) groups is 1. The molecule has 0 aliphatic carbocycles. The quantitative estimate of drug-likeness (QED) is 0.572. The molecule has 0 saturated heterocycles. The number of nitrogens with one attached hydrogen (secondary N) is 1. The van der Waals surface area contributed by atoms with E-state index in [4.69, 9.17) is 4.52 Å². The van der Waals surface area contributed by atoms with Gasteiger partial charge in [-0.05, 0) is 30.3 Å². The van der Waals surface area contributed by atoms with E-state index < -0.39 is 0 Å². The molecule has 7 nitrogen and oxygen atoms in total. The van der Waals surface area contributed by atoms with Gasteiger partial charge in [-0.25, -0.2) is 4.68 Å². The van der Waals surface area contributed by atoms with Crippen LogP contribution in [-0.2, 0) is 6.42 Å². The molecular formula is C20H17N5O2. The van der Waals surface area contributed by atoms with Crippen molar-refractivity contribution in [1.29, 1.82) is 0 Å². The zero-order valence-electron chi connectivity index (χ0n) is 14.4. The second-order valence-electron chi connectivity index (χ2n) is 5.91. The first kappa shape index (κ1) is 16.7. The van der Waals surface area contributed by atoms with E-state index in [2.05, 4.69) is 20.6 Å². The predicted octanol–water partition coefficient (Wildman–Crippen LogP) is 2.89. The van der Waals surface area contributed by atoms with Gasteiger partial charge in [-0.2, -0.15) is 5.10 Å². The largest absolute Gasteiger partial charge is 0.355 e. The van der Waals surface area contributed by atoms with Gasteiger partial charge in [0, 0.05) is 43.2 Å². The van der Waals surface area contributed by atoms with E-state index in [1.165, 1.54) is 0 Å². The van der Waals surface area contributed by atoms with Crippen LogP contribution in [0, 0.1) is 0 Å². The monoisotopic (exact) mass is 359 g/mol. The van der Waals surface area contributed by atoms with Gasteiger partial charge in [-0.3, -0.25) is 9.78 Å². The highest BCUT2D eigenvalue weighted by atomic mass is 16.5. The lowest BCUT2D eigenvalue weighted by atomic mass is 10.2. The molecule has 0 saturated carbocycles. The lowest BCUT2D eigenvalue weighted by molar-refractivity contribution is 0.0945. The maximum atomic E-state index is 12.2. The summed E-state index contributed by atoms with van der Waals surface area (Å²) in [5.74, 6) is 0.228. The molecule has 134 valence electrons. The molecule has 0 spiro atoms. The minimum atomic E-state index is -0.281. The van der Waals surface area contributed by atoms with Crippen molar-refractivity contribution in [2.75, 3.05) is 6.54 Å². The molecule has 0 aliphatic heterocycles. The average Bonchev–Trinajstić information content (AvgIpc) is 3.39. The van der Waals surface area contributed by atoms with Gasteiger partial charge >= 0.3 is 0 Å². The zero-order valence-corrected chi connectivity index (χ0v) is 14.4. The molecule has 0 atom stereocenters. The van der Waals surface area contributed by atoms with Gasteiger partial charge in [0.15, 0.2) is 11.5 Å². The molecule has 4 rings (SSSR count). The van der Waals surface area contributed by atoms with Crippen molar-refractivity contribution in [2.45, 2.75) is 6.42 Å². The Balaban J connectivity index is 1.33. The SMILES string of the molecule is O=C(NCCc1ccn(-c2ccccc2)n1)c1cc(-c2cccnc2)on1. The van der Waals surface area contributed by atoms with Crippen molar-refractivity contribution >= 4 is 5.91 Å². The number of carbonyl (C=O) groups excluding carboxylic acids is 1. The summed E-state index contributed by atoms with van der Waals surface area (Å²) in [4.78, 5) is 16.3. The molecule has 0 aliphatic rings. The molecular weight excluding hydrogens is 342 g/mol. The van der Waals surface area contributed by atoms with Crippen LogP contribution < -0.4 is 5.32 Å². The van der Waals surface area contributed by atoms with Crippen LogP contribution in [0.1, 0.15) is 16.2 Å². The summed E-state index contributed by atoms with van der Waals surface area (Å²) in [5, 5.41) is 11.2. The minimum absolute atomic E-state index is 0.240. The summed E-state index contributed by atoms with van der Waals surface area (Å²) >= 11 is 0. The van der Waals surface area contributed by atoms with Crippen molar-refractivity contribution in [3.63, 3.8) is 0 Å². The average molecular weight is 359 g/mol. The van der Waals surface area contributed by atoms with Crippen LogP contribution in [0.5, 0.6) is 0 Å². The fraction of sp³-hybridized carbons (Fsp3) is 0.100. The highest BCUT2D eigenvalue weighted by molar-refractivity contribution is 5.93. The van der Waals surface area contributed by atoms with Crippen LogP contribution >= 0.6 is 0 Å². The van der Waals surface area contributed by atoms with Crippen molar-refractivity contribution in [1.82, 2.24) is 25.2 Å². The molecule has 0 unspecified atom stereocenters. The number of para-hydroxylation sites is 1. The third-order valence-electron chi connectivity index (χ3n) is 4.02. The van der Waals surface area contributed by atoms with Crippen LogP contribution in [-0.4, -0.2) is 32.4 Å². The Bertz CT molecular complexity index is 1020. The maximum Gasteiger partial charge on any atom is 0.273 e. The van der Waals surface area contributed by atoms with Crippen molar-refractivity contribution in [3.05, 3.63) is 84.6 Å². The minimum Gasteiger partial charge on any atom is -0.355 e. The Morgan fingerprint density at radius 3 is 2.81 bits per heavy atom. The first-order chi connectivity index (χ1) is 13.3. The summed E-state index contributed by atoms with van der Waals surface area (Å²) < 4.78 is 7.04. The summed E-state index contributed by atoms with van der Waals surface area (Å²) in [6.45, 7) is 0.458. The molecule has 27 heavy (non-hydrogen) atoms. The second-order valence-corrected chi connectivity index (χ2v) is 5.91. The van der Waals surface area contributed by atoms with E-state index in [1.807, 2.05) is 53.3 Å². The lowest BCUT2D eigenvalue weighted by Crippen LogP contribution is -2.26. The number of nitrogens with zero attached hydrogens (tertiary/aromatic N) is 4. The van der Waals surface area contributed by atoms with E-state index in [0.717, 1.165) is 16.9 Å². The molecule has 1 amide bonds. The number of pyridine rings is 1. The molecule has 3 aromatic heterocycles. The van der Waals surface area contributed by atoms with Gasteiger partial charge in [0.05, 0.1) is 11.4 Å². The molecule has 7 heteroatoms. The van der Waals surface area contributed by atoms with Crippen LogP contribution in [0.25, 0.3) is 17.0 Å². The fourth-order valence-corrected chi connectivity index (χ4v) is 2.64. The van der Waals surface area contributed by atoms with Gasteiger partial charge in [0.1, 0.15) is 0 Å². The van der Waals surface area contributed by atoms with Crippen LogP contribution in [0.15, 0.2) is 77.7 Å². The highest BCUT2D eigenvalue weighted by Gasteiger charge is 2.13. The Labute approximate surface area is 155 Å². The molecule has 1 N–H and O–H groups in total. The third-order valence-corrected chi connectivity index (χ3v) is 4.02. The first-order valence-electron chi connectivity index (χ1n) is 8.55. The maximum absolute atomic E-state index is 12.2. The Kier molecular flexibility index (Phi) is 4.74. The fourth-order valence-electron chi connectivity index (χ4n) is 2.64. The zero-order chi connectivity index (χ0) is 18.5. The number of rotatable bonds is 6. The summed E-state index contributed by atoms with van der Waals surface area (Å²) in [6.07, 6.45) is 5.86.